The number of hydrogen-bond acceptors (Lipinski definition) is 4. The number of carbonyl (C=O) groups is 1. The van der Waals surface area contributed by atoms with Crippen molar-refractivity contribution in [1.82, 2.24) is 9.21 Å². The summed E-state index contributed by atoms with van der Waals surface area (Å²) >= 11 is 0. The van der Waals surface area contributed by atoms with Crippen LogP contribution in [-0.4, -0.2) is 56.3 Å². The molecule has 0 aromatic heterocycles. The molecule has 1 aliphatic carbocycles. The standard InChI is InChI=1S/C23H26N2O4S/c1-20-11-7-4-2-3-5-10-14-22(20)30(27,28)25-17-15-24(16-18-25)23(26)19-29-21-12-8-6-9-13-21/h2,4-14H,1,3,15-19H2/b4-2-,10-5-,11-7-,22-14?. The maximum atomic E-state index is 13.2. The normalized spacial score (nSPS) is 21.4. The van der Waals surface area contributed by atoms with Crippen LogP contribution in [0.15, 0.2) is 89.9 Å². The first-order valence-corrected chi connectivity index (χ1v) is 11.3. The quantitative estimate of drug-likeness (QED) is 0.726. The Morgan fingerprint density at radius 2 is 1.70 bits per heavy atom. The summed E-state index contributed by atoms with van der Waals surface area (Å²) in [6.45, 7) is 4.96. The fourth-order valence-electron chi connectivity index (χ4n) is 3.15. The molecule has 0 radical (unpaired) electrons. The molecule has 1 aromatic carbocycles. The molecule has 7 heteroatoms. The van der Waals surface area contributed by atoms with Gasteiger partial charge in [0.2, 0.25) is 10.0 Å². The number of amides is 1. The van der Waals surface area contributed by atoms with Crippen molar-refractivity contribution >= 4 is 15.9 Å². The summed E-state index contributed by atoms with van der Waals surface area (Å²) < 4.78 is 33.3. The van der Waals surface area contributed by atoms with E-state index in [-0.39, 0.29) is 30.5 Å². The first kappa shape index (κ1) is 21.8. The second kappa shape index (κ2) is 10.2. The molecule has 0 N–H and O–H groups in total. The first-order valence-electron chi connectivity index (χ1n) is 9.83. The summed E-state index contributed by atoms with van der Waals surface area (Å²) in [4.78, 5) is 14.2. The van der Waals surface area contributed by atoms with Crippen molar-refractivity contribution in [3.8, 4) is 5.75 Å². The van der Waals surface area contributed by atoms with Crippen molar-refractivity contribution < 1.29 is 17.9 Å². The van der Waals surface area contributed by atoms with Crippen molar-refractivity contribution in [3.63, 3.8) is 0 Å². The van der Waals surface area contributed by atoms with Crippen molar-refractivity contribution in [2.75, 3.05) is 32.8 Å². The fraction of sp³-hybridized carbons (Fsp3) is 0.261. The number of ether oxygens (including phenoxy) is 1. The highest BCUT2D eigenvalue weighted by Gasteiger charge is 2.32. The van der Waals surface area contributed by atoms with Gasteiger partial charge in [0, 0.05) is 26.2 Å². The average molecular weight is 427 g/mol. The molecule has 1 aliphatic heterocycles. The molecule has 0 atom stereocenters. The van der Waals surface area contributed by atoms with Crippen LogP contribution in [0.4, 0.5) is 0 Å². The van der Waals surface area contributed by atoms with Gasteiger partial charge in [-0.05, 0) is 30.2 Å². The first-order chi connectivity index (χ1) is 14.5. The van der Waals surface area contributed by atoms with Gasteiger partial charge in [0.1, 0.15) is 5.75 Å². The molecule has 158 valence electrons. The van der Waals surface area contributed by atoms with Crippen LogP contribution in [0, 0.1) is 0 Å². The molecule has 3 rings (SSSR count). The van der Waals surface area contributed by atoms with Gasteiger partial charge in [0.05, 0.1) is 4.91 Å². The van der Waals surface area contributed by atoms with Gasteiger partial charge in [-0.2, -0.15) is 4.31 Å². The number of allylic oxidation sites excluding steroid dienone is 8. The third-order valence-electron chi connectivity index (χ3n) is 4.83. The Bertz CT molecular complexity index is 983. The topological polar surface area (TPSA) is 66.9 Å². The smallest absolute Gasteiger partial charge is 0.260 e. The van der Waals surface area contributed by atoms with Crippen molar-refractivity contribution in [2.24, 2.45) is 0 Å². The summed E-state index contributed by atoms with van der Waals surface area (Å²) in [5.74, 6) is 0.473. The van der Waals surface area contributed by atoms with Crippen LogP contribution in [0.1, 0.15) is 6.42 Å². The Balaban J connectivity index is 1.61. The van der Waals surface area contributed by atoms with Crippen LogP contribution in [0.3, 0.4) is 0 Å². The maximum Gasteiger partial charge on any atom is 0.260 e. The molecule has 1 amide bonds. The zero-order chi connectivity index (χ0) is 21.4. The molecule has 0 bridgehead atoms. The van der Waals surface area contributed by atoms with Crippen LogP contribution in [-0.2, 0) is 14.8 Å². The predicted molar refractivity (Wildman–Crippen MR) is 118 cm³/mol. The van der Waals surface area contributed by atoms with E-state index in [1.54, 1.807) is 41.3 Å². The number of rotatable bonds is 5. The average Bonchev–Trinajstić information content (AvgIpc) is 2.77. The van der Waals surface area contributed by atoms with E-state index < -0.39 is 10.0 Å². The van der Waals surface area contributed by atoms with Gasteiger partial charge in [-0.3, -0.25) is 4.79 Å². The second-order valence-electron chi connectivity index (χ2n) is 6.89. The van der Waals surface area contributed by atoms with E-state index in [1.165, 1.54) is 4.31 Å². The number of nitrogens with zero attached hydrogens (tertiary/aromatic N) is 2. The van der Waals surface area contributed by atoms with Gasteiger partial charge < -0.3 is 9.64 Å². The Morgan fingerprint density at radius 3 is 2.43 bits per heavy atom. The second-order valence-corrected chi connectivity index (χ2v) is 8.80. The Labute approximate surface area is 178 Å². The van der Waals surface area contributed by atoms with Gasteiger partial charge in [-0.15, -0.1) is 0 Å². The monoisotopic (exact) mass is 426 g/mol. The molecule has 0 spiro atoms. The molecular formula is C23H26N2O4S. The number of para-hydroxylation sites is 1. The molecular weight excluding hydrogens is 400 g/mol. The van der Waals surface area contributed by atoms with Gasteiger partial charge >= 0.3 is 0 Å². The summed E-state index contributed by atoms with van der Waals surface area (Å²) in [6.07, 6.45) is 13.3. The van der Waals surface area contributed by atoms with Crippen LogP contribution in [0.2, 0.25) is 0 Å². The van der Waals surface area contributed by atoms with E-state index in [0.29, 0.717) is 24.4 Å². The van der Waals surface area contributed by atoms with E-state index in [4.69, 9.17) is 4.74 Å². The van der Waals surface area contributed by atoms with Crippen LogP contribution >= 0.6 is 0 Å². The minimum atomic E-state index is -3.71. The molecule has 1 aromatic rings. The molecule has 1 heterocycles. The molecule has 1 saturated heterocycles. The van der Waals surface area contributed by atoms with Gasteiger partial charge in [-0.25, -0.2) is 8.42 Å². The molecule has 0 saturated carbocycles. The summed E-state index contributed by atoms with van der Waals surface area (Å²) in [5.41, 5.74) is 0.431. The van der Waals surface area contributed by atoms with Crippen LogP contribution in [0.25, 0.3) is 0 Å². The Morgan fingerprint density at radius 1 is 1.00 bits per heavy atom. The lowest BCUT2D eigenvalue weighted by atomic mass is 10.2. The number of hydrogen-bond donors (Lipinski definition) is 0. The molecule has 2 aliphatic rings. The molecule has 0 unspecified atom stereocenters. The van der Waals surface area contributed by atoms with Crippen LogP contribution < -0.4 is 4.74 Å². The van der Waals surface area contributed by atoms with E-state index in [1.807, 2.05) is 36.4 Å². The number of sulfonamides is 1. The Kier molecular flexibility index (Phi) is 7.43. The largest absolute Gasteiger partial charge is 0.484 e. The fourth-order valence-corrected chi connectivity index (χ4v) is 4.72. The third-order valence-corrected chi connectivity index (χ3v) is 6.83. The number of carbonyl (C=O) groups excluding carboxylic acids is 1. The lowest BCUT2D eigenvalue weighted by Gasteiger charge is -2.34. The summed E-state index contributed by atoms with van der Waals surface area (Å²) in [5, 5.41) is 0. The lowest BCUT2D eigenvalue weighted by Crippen LogP contribution is -2.51. The van der Waals surface area contributed by atoms with E-state index in [0.717, 1.165) is 6.42 Å². The third kappa shape index (κ3) is 5.58. The number of benzene rings is 1. The minimum Gasteiger partial charge on any atom is -0.484 e. The zero-order valence-corrected chi connectivity index (χ0v) is 17.6. The molecule has 6 nitrogen and oxygen atoms in total. The predicted octanol–water partition coefficient (Wildman–Crippen LogP) is 3.05. The van der Waals surface area contributed by atoms with Crippen LogP contribution in [0.5, 0.6) is 5.75 Å². The lowest BCUT2D eigenvalue weighted by molar-refractivity contribution is -0.134. The van der Waals surface area contributed by atoms with Gasteiger partial charge in [0.25, 0.3) is 5.91 Å². The number of piperazine rings is 1. The SMILES string of the molecule is C=C1/C=C\C=C/C/C=C\C=C1S(=O)(=O)N1CCN(C(=O)COc2ccccc2)CC1. The highest BCUT2D eigenvalue weighted by Crippen LogP contribution is 2.23. The summed E-state index contributed by atoms with van der Waals surface area (Å²) in [6, 6.07) is 9.13. The van der Waals surface area contributed by atoms with E-state index in [9.17, 15) is 13.2 Å². The van der Waals surface area contributed by atoms with Crippen molar-refractivity contribution in [2.45, 2.75) is 6.42 Å². The zero-order valence-electron chi connectivity index (χ0n) is 16.8. The van der Waals surface area contributed by atoms with Crippen molar-refractivity contribution in [3.05, 3.63) is 89.9 Å². The molecule has 1 fully saturated rings. The maximum absolute atomic E-state index is 13.2. The van der Waals surface area contributed by atoms with Gasteiger partial charge in [0.15, 0.2) is 6.61 Å². The Hall–Kier alpha value is -2.90. The highest BCUT2D eigenvalue weighted by molar-refractivity contribution is 7.93. The van der Waals surface area contributed by atoms with E-state index in [2.05, 4.69) is 6.58 Å². The van der Waals surface area contributed by atoms with E-state index >= 15 is 0 Å². The van der Waals surface area contributed by atoms with Gasteiger partial charge in [-0.1, -0.05) is 61.2 Å². The molecule has 30 heavy (non-hydrogen) atoms. The summed E-state index contributed by atoms with van der Waals surface area (Å²) in [7, 11) is -3.71. The highest BCUT2D eigenvalue weighted by atomic mass is 32.2. The van der Waals surface area contributed by atoms with Crippen molar-refractivity contribution in [1.29, 1.82) is 0 Å². The minimum absolute atomic E-state index is 0.0676.